The number of rotatable bonds is 5. The van der Waals surface area contributed by atoms with Gasteiger partial charge >= 0.3 is 0 Å². The Morgan fingerprint density at radius 2 is 1.54 bits per heavy atom. The molecule has 212 valence electrons. The highest BCUT2D eigenvalue weighted by atomic mass is 16.7. The van der Waals surface area contributed by atoms with E-state index < -0.39 is 23.3 Å². The van der Waals surface area contributed by atoms with Gasteiger partial charge in [0, 0.05) is 18.3 Å². The van der Waals surface area contributed by atoms with Crippen LogP contribution in [0.3, 0.4) is 0 Å². The maximum absolute atomic E-state index is 11.5. The third-order valence-corrected chi connectivity index (χ3v) is 12.9. The zero-order valence-corrected chi connectivity index (χ0v) is 24.0. The largest absolute Gasteiger partial charge is 0.393 e. The molecule has 37 heavy (non-hydrogen) atoms. The highest BCUT2D eigenvalue weighted by Crippen LogP contribution is 2.72. The summed E-state index contributed by atoms with van der Waals surface area (Å²) in [6.07, 6.45) is 9.13. The number of fused-ring (bicyclic) bond motifs is 6. The molecule has 3 N–H and O–H groups in total. The van der Waals surface area contributed by atoms with E-state index in [0.29, 0.717) is 36.9 Å². The summed E-state index contributed by atoms with van der Waals surface area (Å²) >= 11 is 0. The first-order valence-electron chi connectivity index (χ1n) is 15.3. The van der Waals surface area contributed by atoms with Crippen LogP contribution in [0.2, 0.25) is 0 Å². The summed E-state index contributed by atoms with van der Waals surface area (Å²) in [7, 11) is 0. The summed E-state index contributed by atoms with van der Waals surface area (Å²) in [6, 6.07) is 0. The van der Waals surface area contributed by atoms with Crippen molar-refractivity contribution in [3.8, 4) is 0 Å². The van der Waals surface area contributed by atoms with Gasteiger partial charge in [0.15, 0.2) is 11.6 Å². The van der Waals surface area contributed by atoms with E-state index in [2.05, 4.69) is 20.8 Å². The van der Waals surface area contributed by atoms with Gasteiger partial charge in [-0.05, 0) is 113 Å². The summed E-state index contributed by atoms with van der Waals surface area (Å²) in [4.78, 5) is 0. The fourth-order valence-electron chi connectivity index (χ4n) is 11.2. The van der Waals surface area contributed by atoms with Gasteiger partial charge in [0.2, 0.25) is 0 Å². The maximum Gasteiger partial charge on any atom is 0.172 e. The molecule has 6 aliphatic rings. The standard InChI is InChI=1S/C31H52O6/c1-18(30(34)17-25(30)19(2)32)22-7-8-23-21-16-31(35-13-14-36-31)26-15-20(37-27(3,4)33)9-11-29(26,6)24(21)10-12-28(22,23)5/h18-26,32-34H,7-17H2,1-6H3/t18-,19-,20?,21?,22+,23?,24?,25+,26?,28+,29+,30-/m0/s1. The third-order valence-electron chi connectivity index (χ3n) is 12.9. The Morgan fingerprint density at radius 3 is 2.16 bits per heavy atom. The van der Waals surface area contributed by atoms with Crippen LogP contribution in [0.1, 0.15) is 99.3 Å². The van der Waals surface area contributed by atoms with Crippen molar-refractivity contribution in [2.45, 2.75) is 129 Å². The minimum Gasteiger partial charge on any atom is -0.393 e. The molecule has 1 aliphatic heterocycles. The van der Waals surface area contributed by atoms with Crippen LogP contribution in [-0.2, 0) is 14.2 Å². The lowest BCUT2D eigenvalue weighted by molar-refractivity contribution is -0.309. The Morgan fingerprint density at radius 1 is 0.892 bits per heavy atom. The molecule has 5 saturated carbocycles. The van der Waals surface area contributed by atoms with Gasteiger partial charge in [0.25, 0.3) is 0 Å². The summed E-state index contributed by atoms with van der Waals surface area (Å²) in [5.74, 6) is 1.21. The van der Waals surface area contributed by atoms with Crippen molar-refractivity contribution < 1.29 is 29.5 Å². The van der Waals surface area contributed by atoms with E-state index in [9.17, 15) is 15.3 Å². The SMILES string of the molecule is C[C@H](O)[C@H]1C[C@]1(O)[C@@H](C)[C@H]1CCC2C3CC4(OCCO4)C4CC(OC(C)(C)O)CC[C@]4(C)C3CC[C@@]21C. The average molecular weight is 521 g/mol. The molecule has 0 aromatic carbocycles. The molecule has 1 heterocycles. The molecule has 0 amide bonds. The summed E-state index contributed by atoms with van der Waals surface area (Å²) in [5.41, 5.74) is -0.342. The van der Waals surface area contributed by atoms with Crippen LogP contribution in [0.5, 0.6) is 0 Å². The van der Waals surface area contributed by atoms with Crippen LogP contribution in [-0.4, -0.2) is 57.9 Å². The van der Waals surface area contributed by atoms with Gasteiger partial charge in [-0.3, -0.25) is 0 Å². The van der Waals surface area contributed by atoms with Crippen molar-refractivity contribution in [1.82, 2.24) is 0 Å². The van der Waals surface area contributed by atoms with Crippen LogP contribution >= 0.6 is 0 Å². The Kier molecular flexibility index (Phi) is 6.29. The van der Waals surface area contributed by atoms with Crippen molar-refractivity contribution in [2.75, 3.05) is 13.2 Å². The summed E-state index contributed by atoms with van der Waals surface area (Å²) < 4.78 is 19.3. The van der Waals surface area contributed by atoms with Crippen LogP contribution in [0, 0.1) is 52.3 Å². The molecule has 6 nitrogen and oxygen atoms in total. The predicted molar refractivity (Wildman–Crippen MR) is 140 cm³/mol. The highest BCUT2D eigenvalue weighted by molar-refractivity contribution is 5.17. The monoisotopic (exact) mass is 520 g/mol. The highest BCUT2D eigenvalue weighted by Gasteiger charge is 2.70. The van der Waals surface area contributed by atoms with E-state index in [1.165, 1.54) is 25.7 Å². The molecular formula is C31H52O6. The fourth-order valence-corrected chi connectivity index (χ4v) is 11.2. The minimum atomic E-state index is -1.12. The molecule has 0 bridgehead atoms. The van der Waals surface area contributed by atoms with Crippen LogP contribution in [0.25, 0.3) is 0 Å². The first kappa shape index (κ1) is 27.0. The maximum atomic E-state index is 11.5. The van der Waals surface area contributed by atoms with Crippen molar-refractivity contribution in [1.29, 1.82) is 0 Å². The van der Waals surface area contributed by atoms with Crippen molar-refractivity contribution >= 4 is 0 Å². The van der Waals surface area contributed by atoms with Gasteiger partial charge in [0.05, 0.1) is 31.0 Å². The Hall–Kier alpha value is -0.240. The zero-order chi connectivity index (χ0) is 26.6. The lowest BCUT2D eigenvalue weighted by Crippen LogP contribution is -2.64. The molecule has 0 radical (unpaired) electrons. The van der Waals surface area contributed by atoms with E-state index in [0.717, 1.165) is 32.1 Å². The molecule has 0 aromatic rings. The topological polar surface area (TPSA) is 88.4 Å². The number of ether oxygens (including phenoxy) is 3. The van der Waals surface area contributed by atoms with Gasteiger partial charge in [-0.15, -0.1) is 0 Å². The average Bonchev–Trinajstić information content (AvgIpc) is 3.13. The molecule has 6 heteroatoms. The number of hydrogen-bond donors (Lipinski definition) is 3. The summed E-state index contributed by atoms with van der Waals surface area (Å²) in [6.45, 7) is 13.9. The first-order valence-corrected chi connectivity index (χ1v) is 15.3. The quantitative estimate of drug-likeness (QED) is 0.448. The number of hydrogen-bond acceptors (Lipinski definition) is 6. The van der Waals surface area contributed by atoms with E-state index in [-0.39, 0.29) is 34.7 Å². The summed E-state index contributed by atoms with van der Waals surface area (Å²) in [5, 5.41) is 32.0. The van der Waals surface area contributed by atoms with Crippen molar-refractivity contribution in [3.63, 3.8) is 0 Å². The van der Waals surface area contributed by atoms with E-state index in [4.69, 9.17) is 14.2 Å². The second kappa shape index (κ2) is 8.63. The van der Waals surface area contributed by atoms with Crippen LogP contribution in [0.4, 0.5) is 0 Å². The smallest absolute Gasteiger partial charge is 0.172 e. The number of aliphatic hydroxyl groups excluding tert-OH is 1. The molecule has 6 rings (SSSR count). The second-order valence-electron chi connectivity index (χ2n) is 15.2. The normalized spacial score (nSPS) is 52.3. The van der Waals surface area contributed by atoms with Gasteiger partial charge in [0.1, 0.15) is 0 Å². The van der Waals surface area contributed by atoms with Gasteiger partial charge < -0.3 is 29.5 Å². The van der Waals surface area contributed by atoms with E-state index >= 15 is 0 Å². The minimum absolute atomic E-state index is 0.0284. The molecule has 1 saturated heterocycles. The Labute approximate surface area is 223 Å². The fraction of sp³-hybridized carbons (Fsp3) is 1.00. The Balaban J connectivity index is 1.27. The van der Waals surface area contributed by atoms with Gasteiger partial charge in [-0.2, -0.15) is 0 Å². The first-order chi connectivity index (χ1) is 17.2. The van der Waals surface area contributed by atoms with Gasteiger partial charge in [-0.25, -0.2) is 0 Å². The lowest BCUT2D eigenvalue weighted by Gasteiger charge is -2.65. The third kappa shape index (κ3) is 4.01. The van der Waals surface area contributed by atoms with Crippen molar-refractivity contribution in [2.24, 2.45) is 52.3 Å². The van der Waals surface area contributed by atoms with E-state index in [1.807, 2.05) is 6.92 Å². The second-order valence-corrected chi connectivity index (χ2v) is 15.2. The molecule has 6 fully saturated rings. The van der Waals surface area contributed by atoms with Crippen LogP contribution in [0.15, 0.2) is 0 Å². The van der Waals surface area contributed by atoms with E-state index in [1.54, 1.807) is 13.8 Å². The van der Waals surface area contributed by atoms with Crippen LogP contribution < -0.4 is 0 Å². The lowest BCUT2D eigenvalue weighted by atomic mass is 9.43. The zero-order valence-electron chi connectivity index (χ0n) is 24.0. The molecule has 1 spiro atoms. The number of aliphatic hydroxyl groups is 3. The molecule has 0 aromatic heterocycles. The van der Waals surface area contributed by atoms with Crippen molar-refractivity contribution in [3.05, 3.63) is 0 Å². The molecule has 5 unspecified atom stereocenters. The molecule has 12 atom stereocenters. The molecular weight excluding hydrogens is 468 g/mol. The predicted octanol–water partition coefficient (Wildman–Crippen LogP) is 4.88. The van der Waals surface area contributed by atoms with Gasteiger partial charge in [-0.1, -0.05) is 20.8 Å². The Bertz CT molecular complexity index is 877. The molecule has 5 aliphatic carbocycles.